The summed E-state index contributed by atoms with van der Waals surface area (Å²) in [6.45, 7) is 1.17. The lowest BCUT2D eigenvalue weighted by molar-refractivity contribution is -0.126. The summed E-state index contributed by atoms with van der Waals surface area (Å²) in [6, 6.07) is 7.74. The Kier molecular flexibility index (Phi) is 7.08. The monoisotopic (exact) mass is 455 g/mol. The normalized spacial score (nSPS) is 15.2. The number of nitrogens with one attached hydrogen (secondary N) is 1. The highest BCUT2D eigenvalue weighted by Gasteiger charge is 2.34. The number of nitrogens with zero attached hydrogens (tertiary/aromatic N) is 4. The standard InChI is InChI=1S/C22H22ClN5O4/c23-11-20(29)28(18-3-1-15(2-4-18)19-13-24-14-32-19)21(16-5-8-25-26-12-16)22(30)27-17-6-9-31-10-7-17/h1-5,8,12-14,17,21H,6-7,9-11H2,(H,27,30). The van der Waals surface area contributed by atoms with Crippen molar-refractivity contribution in [3.05, 3.63) is 60.9 Å². The number of alkyl halides is 1. The molecule has 2 amide bonds. The Balaban J connectivity index is 1.69. The fraction of sp³-hybridized carbons (Fsp3) is 0.318. The maximum absolute atomic E-state index is 13.4. The zero-order chi connectivity index (χ0) is 22.3. The fourth-order valence-corrected chi connectivity index (χ4v) is 3.78. The molecule has 1 unspecified atom stereocenters. The number of aromatic nitrogens is 3. The topological polar surface area (TPSA) is 110 Å². The minimum absolute atomic E-state index is 0.0321. The van der Waals surface area contributed by atoms with Crippen molar-refractivity contribution in [2.24, 2.45) is 0 Å². The number of carbonyl (C=O) groups excluding carboxylic acids is 2. The second-order valence-corrected chi connectivity index (χ2v) is 7.55. The summed E-state index contributed by atoms with van der Waals surface area (Å²) in [5.74, 6) is -0.423. The molecule has 1 aliphatic heterocycles. The van der Waals surface area contributed by atoms with Crippen LogP contribution in [0.2, 0.25) is 0 Å². The molecule has 1 aliphatic rings. The van der Waals surface area contributed by atoms with E-state index >= 15 is 0 Å². The molecule has 3 aromatic rings. The van der Waals surface area contributed by atoms with E-state index in [0.29, 0.717) is 43.1 Å². The summed E-state index contributed by atoms with van der Waals surface area (Å²) in [5.41, 5.74) is 1.84. The van der Waals surface area contributed by atoms with Gasteiger partial charge in [0.2, 0.25) is 11.8 Å². The summed E-state index contributed by atoms with van der Waals surface area (Å²) in [6.07, 6.45) is 7.33. The maximum Gasteiger partial charge on any atom is 0.248 e. The van der Waals surface area contributed by atoms with Crippen molar-refractivity contribution in [1.82, 2.24) is 20.5 Å². The van der Waals surface area contributed by atoms with Crippen LogP contribution in [0.3, 0.4) is 0 Å². The van der Waals surface area contributed by atoms with Gasteiger partial charge in [-0.05, 0) is 43.2 Å². The van der Waals surface area contributed by atoms with E-state index < -0.39 is 11.9 Å². The largest absolute Gasteiger partial charge is 0.444 e. The van der Waals surface area contributed by atoms with Crippen LogP contribution < -0.4 is 10.2 Å². The average molecular weight is 456 g/mol. The first-order chi connectivity index (χ1) is 15.7. The van der Waals surface area contributed by atoms with Crippen molar-refractivity contribution in [3.8, 4) is 11.3 Å². The molecule has 0 spiro atoms. The molecule has 3 heterocycles. The van der Waals surface area contributed by atoms with E-state index in [9.17, 15) is 9.59 Å². The number of ether oxygens (including phenoxy) is 1. The fourth-order valence-electron chi connectivity index (χ4n) is 3.65. The molecule has 0 bridgehead atoms. The van der Waals surface area contributed by atoms with Gasteiger partial charge in [0.25, 0.3) is 0 Å². The predicted molar refractivity (Wildman–Crippen MR) is 117 cm³/mol. The van der Waals surface area contributed by atoms with Gasteiger partial charge in [-0.1, -0.05) is 0 Å². The first-order valence-electron chi connectivity index (χ1n) is 10.2. The van der Waals surface area contributed by atoms with Crippen molar-refractivity contribution in [3.63, 3.8) is 0 Å². The first-order valence-corrected chi connectivity index (χ1v) is 10.7. The van der Waals surface area contributed by atoms with E-state index in [2.05, 4.69) is 20.5 Å². The van der Waals surface area contributed by atoms with Gasteiger partial charge in [-0.15, -0.1) is 11.6 Å². The molecule has 4 rings (SSSR count). The zero-order valence-corrected chi connectivity index (χ0v) is 17.9. The number of benzene rings is 1. The van der Waals surface area contributed by atoms with Crippen LogP contribution in [0, 0.1) is 0 Å². The van der Waals surface area contributed by atoms with Gasteiger partial charge >= 0.3 is 0 Å². The number of oxazole rings is 1. The molecule has 1 aromatic carbocycles. The summed E-state index contributed by atoms with van der Waals surface area (Å²) < 4.78 is 10.7. The molecule has 1 N–H and O–H groups in total. The van der Waals surface area contributed by atoms with E-state index in [1.54, 1.807) is 36.5 Å². The van der Waals surface area contributed by atoms with Gasteiger partial charge in [0.05, 0.1) is 12.4 Å². The van der Waals surface area contributed by atoms with Gasteiger partial charge in [-0.3, -0.25) is 14.5 Å². The second kappa shape index (κ2) is 10.3. The molecular formula is C22H22ClN5O4. The van der Waals surface area contributed by atoms with Crippen LogP contribution in [-0.4, -0.2) is 52.1 Å². The van der Waals surface area contributed by atoms with E-state index in [1.165, 1.54) is 23.7 Å². The molecule has 0 saturated carbocycles. The summed E-state index contributed by atoms with van der Waals surface area (Å²) in [7, 11) is 0. The van der Waals surface area contributed by atoms with Crippen LogP contribution >= 0.6 is 11.6 Å². The highest BCUT2D eigenvalue weighted by atomic mass is 35.5. The zero-order valence-electron chi connectivity index (χ0n) is 17.2. The SMILES string of the molecule is O=C(NC1CCOCC1)C(c1ccnnc1)N(C(=O)CCl)c1ccc(-c2cnco2)cc1. The molecule has 1 fully saturated rings. The smallest absolute Gasteiger partial charge is 0.248 e. The number of amides is 2. The van der Waals surface area contributed by atoms with Crippen LogP contribution in [0.25, 0.3) is 11.3 Å². The molecule has 0 radical (unpaired) electrons. The number of hydrogen-bond acceptors (Lipinski definition) is 7. The molecule has 166 valence electrons. The Morgan fingerprint density at radius 2 is 1.91 bits per heavy atom. The lowest BCUT2D eigenvalue weighted by Crippen LogP contribution is -2.48. The minimum Gasteiger partial charge on any atom is -0.444 e. The maximum atomic E-state index is 13.4. The van der Waals surface area contributed by atoms with Gasteiger partial charge in [-0.2, -0.15) is 10.2 Å². The van der Waals surface area contributed by atoms with Crippen molar-refractivity contribution in [2.45, 2.75) is 24.9 Å². The second-order valence-electron chi connectivity index (χ2n) is 7.28. The molecule has 2 aromatic heterocycles. The van der Waals surface area contributed by atoms with Gasteiger partial charge < -0.3 is 14.5 Å². The van der Waals surface area contributed by atoms with Crippen LogP contribution in [-0.2, 0) is 14.3 Å². The molecule has 1 atom stereocenters. The Hall–Kier alpha value is -3.30. The summed E-state index contributed by atoms with van der Waals surface area (Å²) in [4.78, 5) is 31.7. The molecule has 9 nitrogen and oxygen atoms in total. The van der Waals surface area contributed by atoms with Gasteiger partial charge in [0, 0.05) is 42.3 Å². The average Bonchev–Trinajstić information content (AvgIpc) is 3.38. The van der Waals surface area contributed by atoms with Crippen LogP contribution in [0.15, 0.2) is 59.7 Å². The van der Waals surface area contributed by atoms with Crippen molar-refractivity contribution >= 4 is 29.1 Å². The summed E-state index contributed by atoms with van der Waals surface area (Å²) in [5, 5.41) is 10.8. The molecule has 1 saturated heterocycles. The third kappa shape index (κ3) is 4.95. The van der Waals surface area contributed by atoms with E-state index in [-0.39, 0.29) is 17.8 Å². The summed E-state index contributed by atoms with van der Waals surface area (Å²) >= 11 is 5.95. The Bertz CT molecular complexity index is 1020. The number of halogens is 1. The van der Waals surface area contributed by atoms with Crippen molar-refractivity contribution < 1.29 is 18.7 Å². The van der Waals surface area contributed by atoms with E-state index in [1.807, 2.05) is 0 Å². The number of carbonyl (C=O) groups is 2. The van der Waals surface area contributed by atoms with Crippen LogP contribution in [0.4, 0.5) is 5.69 Å². The van der Waals surface area contributed by atoms with Gasteiger partial charge in [-0.25, -0.2) is 4.98 Å². The highest BCUT2D eigenvalue weighted by Crippen LogP contribution is 2.30. The molecule has 0 aliphatic carbocycles. The lowest BCUT2D eigenvalue weighted by atomic mass is 10.0. The predicted octanol–water partition coefficient (Wildman–Crippen LogP) is 2.74. The van der Waals surface area contributed by atoms with Gasteiger partial charge in [0.15, 0.2) is 12.2 Å². The number of anilines is 1. The number of hydrogen-bond donors (Lipinski definition) is 1. The van der Waals surface area contributed by atoms with Crippen molar-refractivity contribution in [2.75, 3.05) is 24.0 Å². The Morgan fingerprint density at radius 3 is 2.53 bits per heavy atom. The quantitative estimate of drug-likeness (QED) is 0.545. The third-order valence-electron chi connectivity index (χ3n) is 5.24. The van der Waals surface area contributed by atoms with Crippen LogP contribution in [0.1, 0.15) is 24.4 Å². The van der Waals surface area contributed by atoms with Gasteiger partial charge in [0.1, 0.15) is 11.9 Å². The van der Waals surface area contributed by atoms with Crippen LogP contribution in [0.5, 0.6) is 0 Å². The molecular weight excluding hydrogens is 434 g/mol. The third-order valence-corrected chi connectivity index (χ3v) is 5.47. The molecule has 10 heteroatoms. The Morgan fingerprint density at radius 1 is 1.12 bits per heavy atom. The number of rotatable bonds is 7. The lowest BCUT2D eigenvalue weighted by Gasteiger charge is -2.33. The van der Waals surface area contributed by atoms with E-state index in [0.717, 1.165) is 5.56 Å². The Labute approximate surface area is 189 Å². The van der Waals surface area contributed by atoms with Crippen molar-refractivity contribution in [1.29, 1.82) is 0 Å². The minimum atomic E-state index is -0.962. The molecule has 32 heavy (non-hydrogen) atoms. The highest BCUT2D eigenvalue weighted by molar-refractivity contribution is 6.29. The first kappa shape index (κ1) is 21.9. The van der Waals surface area contributed by atoms with E-state index in [4.69, 9.17) is 20.8 Å².